The van der Waals surface area contributed by atoms with Crippen molar-refractivity contribution in [3.8, 4) is 11.3 Å². The van der Waals surface area contributed by atoms with E-state index in [0.29, 0.717) is 11.3 Å². The summed E-state index contributed by atoms with van der Waals surface area (Å²) in [4.78, 5) is 18.7. The molecule has 0 N–H and O–H groups in total. The van der Waals surface area contributed by atoms with E-state index < -0.39 is 5.24 Å². The summed E-state index contributed by atoms with van der Waals surface area (Å²) in [6.45, 7) is 0. The van der Waals surface area contributed by atoms with E-state index in [2.05, 4.69) is 9.97 Å². The van der Waals surface area contributed by atoms with Crippen molar-refractivity contribution in [2.24, 2.45) is 0 Å². The summed E-state index contributed by atoms with van der Waals surface area (Å²) >= 11 is 16.8. The number of carbonyl (C=O) groups excluding carboxylic acids is 1. The predicted octanol–water partition coefficient (Wildman–Crippen LogP) is 3.83. The first-order valence-electron chi connectivity index (χ1n) is 4.56. The number of hydrogen-bond donors (Lipinski definition) is 0. The molecule has 0 saturated carbocycles. The molecule has 0 atom stereocenters. The molecule has 2 rings (SSSR count). The lowest BCUT2D eigenvalue weighted by atomic mass is 10.1. The predicted molar refractivity (Wildman–Crippen MR) is 67.7 cm³/mol. The zero-order chi connectivity index (χ0) is 12.4. The molecule has 0 unspecified atom stereocenters. The van der Waals surface area contributed by atoms with Crippen LogP contribution in [-0.4, -0.2) is 15.2 Å². The molecular weight excluding hydrogens is 282 g/mol. The van der Waals surface area contributed by atoms with Gasteiger partial charge < -0.3 is 0 Å². The van der Waals surface area contributed by atoms with Crippen molar-refractivity contribution in [3.63, 3.8) is 0 Å². The number of hydrogen-bond acceptors (Lipinski definition) is 3. The van der Waals surface area contributed by atoms with Crippen molar-refractivity contribution in [2.75, 3.05) is 0 Å². The second-order valence-corrected chi connectivity index (χ2v) is 4.26. The fraction of sp³-hybridized carbons (Fsp3) is 0. The molecule has 3 nitrogen and oxygen atoms in total. The molecule has 2 aromatic rings. The Labute approximate surface area is 112 Å². The van der Waals surface area contributed by atoms with Crippen LogP contribution in [0.1, 0.15) is 10.4 Å². The minimum absolute atomic E-state index is 0.0741. The third-order valence-corrected chi connectivity index (χ3v) is 2.66. The van der Waals surface area contributed by atoms with Crippen molar-refractivity contribution in [3.05, 3.63) is 46.3 Å². The second-order valence-electron chi connectivity index (χ2n) is 3.20. The molecule has 86 valence electrons. The molecule has 1 aromatic heterocycles. The Morgan fingerprint density at radius 1 is 1.06 bits per heavy atom. The molecule has 0 fully saturated rings. The van der Waals surface area contributed by atoms with Crippen molar-refractivity contribution in [2.45, 2.75) is 0 Å². The van der Waals surface area contributed by atoms with Crippen molar-refractivity contribution < 1.29 is 4.79 Å². The van der Waals surface area contributed by atoms with Crippen LogP contribution in [0.5, 0.6) is 0 Å². The summed E-state index contributed by atoms with van der Waals surface area (Å²) in [5.41, 5.74) is 1.78. The van der Waals surface area contributed by atoms with Crippen LogP contribution in [-0.2, 0) is 0 Å². The van der Waals surface area contributed by atoms with Gasteiger partial charge in [0.2, 0.25) is 5.28 Å². The zero-order valence-corrected chi connectivity index (χ0v) is 10.6. The number of carbonyl (C=O) groups is 1. The third-order valence-electron chi connectivity index (χ3n) is 2.08. The Hall–Kier alpha value is -1.16. The van der Waals surface area contributed by atoms with E-state index in [1.807, 2.05) is 0 Å². The number of halogens is 3. The van der Waals surface area contributed by atoms with Gasteiger partial charge in [-0.1, -0.05) is 23.7 Å². The van der Waals surface area contributed by atoms with E-state index in [9.17, 15) is 4.79 Å². The van der Waals surface area contributed by atoms with E-state index in [4.69, 9.17) is 34.8 Å². The van der Waals surface area contributed by atoms with Crippen LogP contribution in [0.4, 0.5) is 0 Å². The van der Waals surface area contributed by atoms with Crippen LogP contribution in [0.2, 0.25) is 10.4 Å². The van der Waals surface area contributed by atoms with Gasteiger partial charge in [0.15, 0.2) is 0 Å². The molecule has 0 bridgehead atoms. The fourth-order valence-corrected chi connectivity index (χ4v) is 1.84. The molecule has 1 heterocycles. The molecule has 0 spiro atoms. The highest BCUT2D eigenvalue weighted by Gasteiger charge is 2.06. The minimum Gasteiger partial charge on any atom is -0.276 e. The molecule has 1 aromatic carbocycles. The van der Waals surface area contributed by atoms with Gasteiger partial charge in [0.1, 0.15) is 5.15 Å². The molecular formula is C11H5Cl3N2O. The summed E-state index contributed by atoms with van der Waals surface area (Å²) in [5, 5.41) is -0.169. The number of aromatic nitrogens is 2. The van der Waals surface area contributed by atoms with E-state index in [-0.39, 0.29) is 10.4 Å². The smallest absolute Gasteiger partial charge is 0.252 e. The summed E-state index contributed by atoms with van der Waals surface area (Å²) < 4.78 is 0. The maximum atomic E-state index is 10.9. The lowest BCUT2D eigenvalue weighted by molar-refractivity contribution is 0.108. The first-order chi connectivity index (χ1) is 8.06. The molecule has 6 heteroatoms. The summed E-state index contributed by atoms with van der Waals surface area (Å²) in [5.74, 6) is 0. The Morgan fingerprint density at radius 2 is 1.71 bits per heavy atom. The average molecular weight is 288 g/mol. The van der Waals surface area contributed by atoms with Gasteiger partial charge in [0, 0.05) is 17.2 Å². The Kier molecular flexibility index (Phi) is 3.62. The van der Waals surface area contributed by atoms with Gasteiger partial charge >= 0.3 is 0 Å². The molecule has 0 aliphatic rings. The topological polar surface area (TPSA) is 42.9 Å². The number of benzene rings is 1. The van der Waals surface area contributed by atoms with Gasteiger partial charge in [-0.3, -0.25) is 4.79 Å². The highest BCUT2D eigenvalue weighted by Crippen LogP contribution is 2.22. The Balaban J connectivity index is 2.43. The van der Waals surface area contributed by atoms with Crippen LogP contribution < -0.4 is 0 Å². The Bertz CT molecular complexity index is 549. The molecule has 0 amide bonds. The Morgan fingerprint density at radius 3 is 2.24 bits per heavy atom. The van der Waals surface area contributed by atoms with E-state index in [0.717, 1.165) is 5.56 Å². The van der Waals surface area contributed by atoms with Crippen LogP contribution in [0, 0.1) is 0 Å². The van der Waals surface area contributed by atoms with Crippen molar-refractivity contribution in [1.29, 1.82) is 0 Å². The van der Waals surface area contributed by atoms with E-state index in [1.165, 1.54) is 0 Å². The van der Waals surface area contributed by atoms with Gasteiger partial charge in [-0.15, -0.1) is 0 Å². The monoisotopic (exact) mass is 286 g/mol. The number of nitrogens with zero attached hydrogens (tertiary/aromatic N) is 2. The summed E-state index contributed by atoms with van der Waals surface area (Å²) in [6.07, 6.45) is 0. The molecule has 0 radical (unpaired) electrons. The van der Waals surface area contributed by atoms with Gasteiger partial charge in [0.05, 0.1) is 5.69 Å². The summed E-state index contributed by atoms with van der Waals surface area (Å²) in [7, 11) is 0. The highest BCUT2D eigenvalue weighted by molar-refractivity contribution is 6.67. The summed E-state index contributed by atoms with van der Waals surface area (Å²) in [6, 6.07) is 8.23. The first-order valence-corrected chi connectivity index (χ1v) is 5.70. The number of rotatable bonds is 2. The van der Waals surface area contributed by atoms with Crippen LogP contribution in [0.25, 0.3) is 11.3 Å². The van der Waals surface area contributed by atoms with Gasteiger partial charge in [-0.05, 0) is 35.3 Å². The lowest BCUT2D eigenvalue weighted by Gasteiger charge is -2.02. The fourth-order valence-electron chi connectivity index (χ4n) is 1.31. The van der Waals surface area contributed by atoms with E-state index >= 15 is 0 Å². The first kappa shape index (κ1) is 12.3. The maximum absolute atomic E-state index is 10.9. The molecule has 0 aliphatic heterocycles. The van der Waals surface area contributed by atoms with Crippen molar-refractivity contribution >= 4 is 40.0 Å². The standard InChI is InChI=1S/C11H5Cl3N2O/c12-9-5-8(15-11(14)16-9)6-1-3-7(4-2-6)10(13)17/h1-5H. The average Bonchev–Trinajstić information content (AvgIpc) is 2.28. The van der Waals surface area contributed by atoms with E-state index in [1.54, 1.807) is 30.3 Å². The van der Waals surface area contributed by atoms with Gasteiger partial charge in [-0.2, -0.15) is 0 Å². The maximum Gasteiger partial charge on any atom is 0.252 e. The van der Waals surface area contributed by atoms with Crippen LogP contribution in [0.15, 0.2) is 30.3 Å². The van der Waals surface area contributed by atoms with Crippen molar-refractivity contribution in [1.82, 2.24) is 9.97 Å². The minimum atomic E-state index is -0.504. The molecule has 17 heavy (non-hydrogen) atoms. The molecule has 0 saturated heterocycles. The normalized spacial score (nSPS) is 10.3. The zero-order valence-electron chi connectivity index (χ0n) is 8.32. The lowest BCUT2D eigenvalue weighted by Crippen LogP contribution is -1.91. The van der Waals surface area contributed by atoms with Crippen LogP contribution >= 0.6 is 34.8 Å². The SMILES string of the molecule is O=C(Cl)c1ccc(-c2cc(Cl)nc(Cl)n2)cc1. The van der Waals surface area contributed by atoms with Crippen LogP contribution in [0.3, 0.4) is 0 Å². The second kappa shape index (κ2) is 5.00. The highest BCUT2D eigenvalue weighted by atomic mass is 35.5. The largest absolute Gasteiger partial charge is 0.276 e. The quantitative estimate of drug-likeness (QED) is 0.479. The third kappa shape index (κ3) is 2.94. The van der Waals surface area contributed by atoms with Gasteiger partial charge in [-0.25, -0.2) is 9.97 Å². The van der Waals surface area contributed by atoms with Gasteiger partial charge in [0.25, 0.3) is 5.24 Å². The molecule has 0 aliphatic carbocycles.